The fraction of sp³-hybridized carbons (Fsp3) is 0.0625. The lowest BCUT2D eigenvalue weighted by atomic mass is 10.2. The van der Waals surface area contributed by atoms with E-state index in [1.54, 1.807) is 28.7 Å². The van der Waals surface area contributed by atoms with Gasteiger partial charge in [-0.15, -0.1) is 22.7 Å². The Hall–Kier alpha value is -2.09. The van der Waals surface area contributed by atoms with Crippen molar-refractivity contribution in [1.29, 1.82) is 0 Å². The zero-order chi connectivity index (χ0) is 15.8. The van der Waals surface area contributed by atoms with Gasteiger partial charge in [-0.2, -0.15) is 11.3 Å². The predicted molar refractivity (Wildman–Crippen MR) is 99.2 cm³/mol. The second-order valence-corrected chi connectivity index (χ2v) is 7.50. The molecule has 4 rings (SSSR count). The normalized spacial score (nSPS) is 12.1. The minimum Gasteiger partial charge on any atom is -0.306 e. The number of thiophene rings is 2. The number of nitrogens with zero attached hydrogens (tertiary/aromatic N) is 2. The Morgan fingerprint density at radius 1 is 1.17 bits per heavy atom. The number of hydrogen-bond acceptors (Lipinski definition) is 6. The van der Waals surface area contributed by atoms with Gasteiger partial charge in [0.25, 0.3) is 5.56 Å². The van der Waals surface area contributed by atoms with E-state index in [9.17, 15) is 4.79 Å². The van der Waals surface area contributed by atoms with Crippen molar-refractivity contribution >= 4 is 55.9 Å². The molecule has 0 bridgehead atoms. The molecule has 0 aliphatic heterocycles. The third-order valence-electron chi connectivity index (χ3n) is 3.36. The van der Waals surface area contributed by atoms with Gasteiger partial charge in [0.05, 0.1) is 11.1 Å². The first kappa shape index (κ1) is 14.5. The van der Waals surface area contributed by atoms with E-state index in [-0.39, 0.29) is 5.56 Å². The number of aromatic amines is 1. The maximum atomic E-state index is 12.0. The Morgan fingerprint density at radius 2 is 2.09 bits per heavy atom. The fourth-order valence-electron chi connectivity index (χ4n) is 2.21. The molecule has 0 unspecified atom stereocenters. The maximum Gasteiger partial charge on any atom is 0.259 e. The molecule has 4 aromatic heterocycles. The van der Waals surface area contributed by atoms with Crippen molar-refractivity contribution in [1.82, 2.24) is 15.0 Å². The number of nitrogens with one attached hydrogen (secondary N) is 1. The van der Waals surface area contributed by atoms with Gasteiger partial charge < -0.3 is 4.98 Å². The summed E-state index contributed by atoms with van der Waals surface area (Å²) in [6.07, 6.45) is 1.95. The molecule has 4 aromatic rings. The minimum atomic E-state index is -0.101. The van der Waals surface area contributed by atoms with Gasteiger partial charge in [0.15, 0.2) is 0 Å². The molecule has 23 heavy (non-hydrogen) atoms. The minimum absolute atomic E-state index is 0.101. The molecule has 0 aliphatic carbocycles. The number of aromatic nitrogens is 3. The van der Waals surface area contributed by atoms with E-state index < -0.39 is 0 Å². The molecule has 1 N–H and O–H groups in total. The van der Waals surface area contributed by atoms with Crippen LogP contribution in [-0.2, 0) is 0 Å². The Balaban J connectivity index is 1.71. The number of H-pyrrole nitrogens is 1. The SMILES string of the molecule is CC(=Cc1csc(-c2ccsc2)n1)c1nc2sccc2c(=O)[nH]1. The number of thiazole rings is 1. The lowest BCUT2D eigenvalue weighted by molar-refractivity contribution is 1.13. The summed E-state index contributed by atoms with van der Waals surface area (Å²) in [6, 6.07) is 3.86. The molecule has 114 valence electrons. The van der Waals surface area contributed by atoms with Crippen LogP contribution in [-0.4, -0.2) is 15.0 Å². The summed E-state index contributed by atoms with van der Waals surface area (Å²) in [6.45, 7) is 1.93. The van der Waals surface area contributed by atoms with Crippen molar-refractivity contribution < 1.29 is 0 Å². The van der Waals surface area contributed by atoms with E-state index in [0.29, 0.717) is 11.2 Å². The maximum absolute atomic E-state index is 12.0. The monoisotopic (exact) mass is 357 g/mol. The molecule has 0 aliphatic rings. The molecule has 0 spiro atoms. The molecule has 0 saturated carbocycles. The largest absolute Gasteiger partial charge is 0.306 e. The third-order valence-corrected chi connectivity index (χ3v) is 5.76. The Labute approximate surface area is 143 Å². The van der Waals surface area contributed by atoms with Crippen molar-refractivity contribution in [3.8, 4) is 10.6 Å². The molecule has 0 fully saturated rings. The summed E-state index contributed by atoms with van der Waals surface area (Å²) in [5.41, 5.74) is 2.81. The summed E-state index contributed by atoms with van der Waals surface area (Å²) >= 11 is 4.74. The molecule has 0 atom stereocenters. The van der Waals surface area contributed by atoms with Gasteiger partial charge in [0.2, 0.25) is 0 Å². The summed E-state index contributed by atoms with van der Waals surface area (Å²) < 4.78 is 0. The summed E-state index contributed by atoms with van der Waals surface area (Å²) in [4.78, 5) is 24.8. The molecule has 0 saturated heterocycles. The van der Waals surface area contributed by atoms with Gasteiger partial charge in [-0.3, -0.25) is 4.79 Å². The quantitative estimate of drug-likeness (QED) is 0.576. The van der Waals surface area contributed by atoms with Gasteiger partial charge in [-0.1, -0.05) is 0 Å². The standard InChI is InChI=1S/C16H11N3OS3/c1-9(13-18-14(20)12-3-5-22-16(12)19-13)6-11-8-23-15(17-11)10-2-4-21-7-10/h2-8H,1H3,(H,18,19,20). The van der Waals surface area contributed by atoms with E-state index in [1.165, 1.54) is 11.3 Å². The average molecular weight is 357 g/mol. The van der Waals surface area contributed by atoms with Crippen LogP contribution in [0.5, 0.6) is 0 Å². The van der Waals surface area contributed by atoms with Gasteiger partial charge in [0, 0.05) is 16.3 Å². The zero-order valence-corrected chi connectivity index (χ0v) is 14.5. The highest BCUT2D eigenvalue weighted by Crippen LogP contribution is 2.27. The van der Waals surface area contributed by atoms with E-state index in [0.717, 1.165) is 26.7 Å². The van der Waals surface area contributed by atoms with Gasteiger partial charge >= 0.3 is 0 Å². The first-order valence-electron chi connectivity index (χ1n) is 6.85. The van der Waals surface area contributed by atoms with Crippen LogP contribution in [0.15, 0.2) is 38.4 Å². The molecule has 4 nitrogen and oxygen atoms in total. The lowest BCUT2D eigenvalue weighted by Gasteiger charge is -2.00. The van der Waals surface area contributed by atoms with Crippen LogP contribution in [0.25, 0.3) is 32.4 Å². The summed E-state index contributed by atoms with van der Waals surface area (Å²) in [7, 11) is 0. The van der Waals surface area contributed by atoms with Crippen molar-refractivity contribution in [2.45, 2.75) is 6.92 Å². The van der Waals surface area contributed by atoms with E-state index in [2.05, 4.69) is 26.4 Å². The van der Waals surface area contributed by atoms with Crippen LogP contribution in [0.4, 0.5) is 0 Å². The number of hydrogen-bond donors (Lipinski definition) is 1. The molecule has 0 aromatic carbocycles. The van der Waals surface area contributed by atoms with Crippen molar-refractivity contribution in [2.75, 3.05) is 0 Å². The Bertz CT molecular complexity index is 1050. The first-order chi connectivity index (χ1) is 11.2. The second kappa shape index (κ2) is 5.84. The summed E-state index contributed by atoms with van der Waals surface area (Å²) in [5, 5.41) is 9.66. The summed E-state index contributed by atoms with van der Waals surface area (Å²) in [5.74, 6) is 0.593. The van der Waals surface area contributed by atoms with E-state index in [4.69, 9.17) is 0 Å². The van der Waals surface area contributed by atoms with Crippen molar-refractivity contribution in [3.05, 3.63) is 55.5 Å². The Kier molecular flexibility index (Phi) is 3.68. The topological polar surface area (TPSA) is 58.6 Å². The molecule has 4 heterocycles. The second-order valence-electron chi connectivity index (χ2n) is 4.97. The third kappa shape index (κ3) is 2.78. The highest BCUT2D eigenvalue weighted by atomic mass is 32.1. The number of allylic oxidation sites excluding steroid dienone is 1. The van der Waals surface area contributed by atoms with Gasteiger partial charge in [-0.25, -0.2) is 9.97 Å². The highest BCUT2D eigenvalue weighted by Gasteiger charge is 2.08. The van der Waals surface area contributed by atoms with Gasteiger partial charge in [-0.05, 0) is 41.5 Å². The van der Waals surface area contributed by atoms with Crippen LogP contribution in [0.3, 0.4) is 0 Å². The first-order valence-corrected chi connectivity index (χ1v) is 9.55. The number of rotatable bonds is 3. The Morgan fingerprint density at radius 3 is 2.91 bits per heavy atom. The molecule has 7 heteroatoms. The fourth-order valence-corrected chi connectivity index (χ4v) is 4.47. The van der Waals surface area contributed by atoms with E-state index >= 15 is 0 Å². The average Bonchev–Trinajstić information content (AvgIpc) is 3.28. The smallest absolute Gasteiger partial charge is 0.259 e. The van der Waals surface area contributed by atoms with Crippen LogP contribution in [0, 0.1) is 0 Å². The van der Waals surface area contributed by atoms with Crippen LogP contribution in [0.2, 0.25) is 0 Å². The predicted octanol–water partition coefficient (Wildman–Crippen LogP) is 4.73. The molecule has 0 amide bonds. The zero-order valence-electron chi connectivity index (χ0n) is 12.1. The number of fused-ring (bicyclic) bond motifs is 1. The lowest BCUT2D eigenvalue weighted by Crippen LogP contribution is -2.09. The van der Waals surface area contributed by atoms with Crippen LogP contribution >= 0.6 is 34.0 Å². The van der Waals surface area contributed by atoms with E-state index in [1.807, 2.05) is 29.1 Å². The van der Waals surface area contributed by atoms with Crippen LogP contribution < -0.4 is 5.56 Å². The van der Waals surface area contributed by atoms with Crippen molar-refractivity contribution in [2.24, 2.45) is 0 Å². The molecule has 0 radical (unpaired) electrons. The molecular formula is C16H11N3OS3. The van der Waals surface area contributed by atoms with Gasteiger partial charge in [0.1, 0.15) is 15.7 Å². The van der Waals surface area contributed by atoms with Crippen LogP contribution in [0.1, 0.15) is 18.4 Å². The molecular weight excluding hydrogens is 346 g/mol. The highest BCUT2D eigenvalue weighted by molar-refractivity contribution is 7.16. The van der Waals surface area contributed by atoms with Crippen molar-refractivity contribution in [3.63, 3.8) is 0 Å².